The lowest BCUT2D eigenvalue weighted by Gasteiger charge is -2.11. The summed E-state index contributed by atoms with van der Waals surface area (Å²) in [7, 11) is 0. The quantitative estimate of drug-likeness (QED) is 0.354. The fraction of sp³-hybridized carbons (Fsp3) is 0.0435. The van der Waals surface area contributed by atoms with Crippen molar-refractivity contribution < 1.29 is 8.78 Å². The first-order valence-electron chi connectivity index (χ1n) is 9.26. The zero-order valence-electron chi connectivity index (χ0n) is 15.9. The van der Waals surface area contributed by atoms with E-state index >= 15 is 0 Å². The monoisotopic (exact) mass is 420 g/mol. The van der Waals surface area contributed by atoms with Gasteiger partial charge in [-0.2, -0.15) is 5.10 Å². The highest BCUT2D eigenvalue weighted by Crippen LogP contribution is 2.33. The SMILES string of the molecule is Cc1nn2c(-c3ccc(F)cc3F)cc(-n3cccc3)nc2c1-c1ccc(Cl)cc1. The predicted octanol–water partition coefficient (Wildman–Crippen LogP) is 6.09. The van der Waals surface area contributed by atoms with E-state index in [2.05, 4.69) is 5.10 Å². The zero-order valence-corrected chi connectivity index (χ0v) is 16.6. The highest BCUT2D eigenvalue weighted by atomic mass is 35.5. The largest absolute Gasteiger partial charge is 0.309 e. The van der Waals surface area contributed by atoms with Gasteiger partial charge in [-0.1, -0.05) is 23.7 Å². The molecular formula is C23H15ClF2N4. The first-order chi connectivity index (χ1) is 14.5. The third-order valence-electron chi connectivity index (χ3n) is 4.96. The summed E-state index contributed by atoms with van der Waals surface area (Å²) in [6.45, 7) is 1.87. The lowest BCUT2D eigenvalue weighted by Crippen LogP contribution is -2.03. The molecule has 0 bridgehead atoms. The van der Waals surface area contributed by atoms with Gasteiger partial charge in [0.25, 0.3) is 0 Å². The van der Waals surface area contributed by atoms with Crippen LogP contribution in [0.25, 0.3) is 33.8 Å². The highest BCUT2D eigenvalue weighted by molar-refractivity contribution is 6.30. The standard InChI is InChI=1S/C23H15ClF2N4/c1-14-22(15-4-6-16(24)7-5-15)23-27-21(29-10-2-3-11-29)13-20(30(23)28-14)18-9-8-17(25)12-19(18)26/h2-13H,1H3. The maximum Gasteiger partial charge on any atom is 0.166 e. The van der Waals surface area contributed by atoms with Crippen LogP contribution < -0.4 is 0 Å². The van der Waals surface area contributed by atoms with E-state index in [-0.39, 0.29) is 5.56 Å². The van der Waals surface area contributed by atoms with E-state index in [9.17, 15) is 8.78 Å². The molecule has 0 aliphatic carbocycles. The van der Waals surface area contributed by atoms with Gasteiger partial charge in [-0.3, -0.25) is 0 Å². The number of fused-ring (bicyclic) bond motifs is 1. The van der Waals surface area contributed by atoms with E-state index in [0.717, 1.165) is 22.9 Å². The minimum Gasteiger partial charge on any atom is -0.309 e. The zero-order chi connectivity index (χ0) is 20.8. The molecule has 30 heavy (non-hydrogen) atoms. The summed E-state index contributed by atoms with van der Waals surface area (Å²) in [5.74, 6) is -0.700. The number of hydrogen-bond acceptors (Lipinski definition) is 2. The molecule has 0 unspecified atom stereocenters. The first kappa shape index (κ1) is 18.5. The Bertz CT molecular complexity index is 1370. The second-order valence-electron chi connectivity index (χ2n) is 6.92. The Hall–Kier alpha value is -3.51. The molecule has 0 aliphatic heterocycles. The second kappa shape index (κ2) is 7.07. The van der Waals surface area contributed by atoms with Crippen molar-refractivity contribution in [2.45, 2.75) is 6.92 Å². The molecule has 0 amide bonds. The van der Waals surface area contributed by atoms with Crippen LogP contribution in [0.5, 0.6) is 0 Å². The van der Waals surface area contributed by atoms with Crippen LogP contribution in [-0.2, 0) is 0 Å². The molecular weight excluding hydrogens is 406 g/mol. The number of rotatable bonds is 3. The molecule has 3 aromatic heterocycles. The van der Waals surface area contributed by atoms with Gasteiger partial charge in [0.2, 0.25) is 0 Å². The normalized spacial score (nSPS) is 11.3. The van der Waals surface area contributed by atoms with Gasteiger partial charge in [0.15, 0.2) is 5.65 Å². The van der Waals surface area contributed by atoms with Gasteiger partial charge < -0.3 is 4.57 Å². The molecule has 5 rings (SSSR count). The molecule has 2 aromatic carbocycles. The number of nitrogens with zero attached hydrogens (tertiary/aromatic N) is 4. The van der Waals surface area contributed by atoms with Crippen LogP contribution in [0.2, 0.25) is 5.02 Å². The van der Waals surface area contributed by atoms with Crippen LogP contribution in [-0.4, -0.2) is 19.2 Å². The van der Waals surface area contributed by atoms with Crippen LogP contribution in [0.3, 0.4) is 0 Å². The van der Waals surface area contributed by atoms with Crippen molar-refractivity contribution in [3.63, 3.8) is 0 Å². The number of hydrogen-bond donors (Lipinski definition) is 0. The molecule has 0 fully saturated rings. The van der Waals surface area contributed by atoms with Gasteiger partial charge >= 0.3 is 0 Å². The summed E-state index contributed by atoms with van der Waals surface area (Å²) in [5.41, 5.74) is 3.74. The molecule has 148 valence electrons. The Morgan fingerprint density at radius 1 is 0.933 bits per heavy atom. The van der Waals surface area contributed by atoms with Crippen molar-refractivity contribution in [1.82, 2.24) is 19.2 Å². The molecule has 3 heterocycles. The number of aromatic nitrogens is 4. The maximum atomic E-state index is 14.7. The Labute approximate surface area is 176 Å². The molecule has 0 radical (unpaired) electrons. The molecule has 0 atom stereocenters. The smallest absolute Gasteiger partial charge is 0.166 e. The van der Waals surface area contributed by atoms with Crippen molar-refractivity contribution >= 4 is 17.2 Å². The van der Waals surface area contributed by atoms with E-state index in [4.69, 9.17) is 16.6 Å². The van der Waals surface area contributed by atoms with Gasteiger partial charge in [-0.05, 0) is 48.9 Å². The summed E-state index contributed by atoms with van der Waals surface area (Å²) in [4.78, 5) is 4.80. The van der Waals surface area contributed by atoms with E-state index in [1.54, 1.807) is 22.7 Å². The Balaban J connectivity index is 1.85. The Kier molecular flexibility index (Phi) is 4.37. The fourth-order valence-electron chi connectivity index (χ4n) is 3.57. The van der Waals surface area contributed by atoms with Crippen LogP contribution >= 0.6 is 11.6 Å². The van der Waals surface area contributed by atoms with Crippen LogP contribution in [0.1, 0.15) is 5.69 Å². The summed E-state index contributed by atoms with van der Waals surface area (Å²) < 4.78 is 31.6. The van der Waals surface area contributed by atoms with E-state index < -0.39 is 11.6 Å². The molecule has 0 spiro atoms. The van der Waals surface area contributed by atoms with Crippen LogP contribution in [0, 0.1) is 18.6 Å². The lowest BCUT2D eigenvalue weighted by atomic mass is 10.1. The second-order valence-corrected chi connectivity index (χ2v) is 7.35. The predicted molar refractivity (Wildman–Crippen MR) is 113 cm³/mol. The lowest BCUT2D eigenvalue weighted by molar-refractivity contribution is 0.585. The van der Waals surface area contributed by atoms with Crippen molar-refractivity contribution in [3.05, 3.63) is 95.4 Å². The highest BCUT2D eigenvalue weighted by Gasteiger charge is 2.20. The number of aryl methyl sites for hydroxylation is 1. The molecule has 0 saturated heterocycles. The van der Waals surface area contributed by atoms with Gasteiger partial charge in [0.05, 0.1) is 11.4 Å². The van der Waals surface area contributed by atoms with E-state index in [1.807, 2.05) is 48.1 Å². The third-order valence-corrected chi connectivity index (χ3v) is 5.21. The molecule has 7 heteroatoms. The van der Waals surface area contributed by atoms with E-state index in [1.165, 1.54) is 12.1 Å². The minimum absolute atomic E-state index is 0.238. The molecule has 4 nitrogen and oxygen atoms in total. The topological polar surface area (TPSA) is 35.1 Å². The average Bonchev–Trinajstić information content (AvgIpc) is 3.36. The summed E-state index contributed by atoms with van der Waals surface area (Å²) >= 11 is 6.05. The average molecular weight is 421 g/mol. The maximum absolute atomic E-state index is 14.7. The Morgan fingerprint density at radius 3 is 2.37 bits per heavy atom. The summed E-state index contributed by atoms with van der Waals surface area (Å²) in [6.07, 6.45) is 3.71. The molecule has 0 saturated carbocycles. The summed E-state index contributed by atoms with van der Waals surface area (Å²) in [6, 6.07) is 16.4. The van der Waals surface area contributed by atoms with Gasteiger partial charge in [-0.25, -0.2) is 18.3 Å². The summed E-state index contributed by atoms with van der Waals surface area (Å²) in [5, 5.41) is 5.25. The molecule has 0 aliphatic rings. The Morgan fingerprint density at radius 2 is 1.67 bits per heavy atom. The molecule has 0 N–H and O–H groups in total. The first-order valence-corrected chi connectivity index (χ1v) is 9.64. The third kappa shape index (κ3) is 3.06. The fourth-order valence-corrected chi connectivity index (χ4v) is 3.70. The van der Waals surface area contributed by atoms with Crippen molar-refractivity contribution in [3.8, 4) is 28.2 Å². The van der Waals surface area contributed by atoms with Crippen LogP contribution in [0.4, 0.5) is 8.78 Å². The number of halogens is 3. The molecule has 5 aromatic rings. The van der Waals surface area contributed by atoms with Crippen molar-refractivity contribution in [1.29, 1.82) is 0 Å². The van der Waals surface area contributed by atoms with Crippen molar-refractivity contribution in [2.24, 2.45) is 0 Å². The van der Waals surface area contributed by atoms with E-state index in [0.29, 0.717) is 22.2 Å². The minimum atomic E-state index is -0.665. The van der Waals surface area contributed by atoms with Crippen molar-refractivity contribution in [2.75, 3.05) is 0 Å². The van der Waals surface area contributed by atoms with Gasteiger partial charge in [0, 0.05) is 40.7 Å². The van der Waals surface area contributed by atoms with Crippen LogP contribution in [0.15, 0.2) is 73.1 Å². The van der Waals surface area contributed by atoms with Gasteiger partial charge in [0.1, 0.15) is 17.5 Å². The number of benzene rings is 2. The van der Waals surface area contributed by atoms with Gasteiger partial charge in [-0.15, -0.1) is 0 Å².